The van der Waals surface area contributed by atoms with E-state index in [1.54, 1.807) is 24.3 Å². The molecule has 0 heterocycles. The van der Waals surface area contributed by atoms with Crippen LogP contribution in [0.3, 0.4) is 0 Å². The van der Waals surface area contributed by atoms with E-state index in [2.05, 4.69) is 5.32 Å². The summed E-state index contributed by atoms with van der Waals surface area (Å²) in [6.07, 6.45) is 1.49. The van der Waals surface area contributed by atoms with E-state index < -0.39 is 5.97 Å². The van der Waals surface area contributed by atoms with E-state index in [1.165, 1.54) is 0 Å². The van der Waals surface area contributed by atoms with Gasteiger partial charge < -0.3 is 14.8 Å². The Bertz CT molecular complexity index is 522. The first-order valence-corrected chi connectivity index (χ1v) is 7.01. The summed E-state index contributed by atoms with van der Waals surface area (Å²) in [5.41, 5.74) is 0.186. The van der Waals surface area contributed by atoms with E-state index in [1.807, 2.05) is 20.8 Å². The second-order valence-corrected chi connectivity index (χ2v) is 5.42. The third kappa shape index (κ3) is 6.39. The van der Waals surface area contributed by atoms with E-state index in [0.29, 0.717) is 17.6 Å². The number of benzene rings is 1. The maximum Gasteiger partial charge on any atom is 0.344 e. The zero-order valence-corrected chi connectivity index (χ0v) is 13.0. The third-order valence-corrected chi connectivity index (χ3v) is 3.10. The molecular formula is C16H21NO5. The van der Waals surface area contributed by atoms with Crippen molar-refractivity contribution in [2.75, 3.05) is 13.2 Å². The van der Waals surface area contributed by atoms with Gasteiger partial charge in [-0.3, -0.25) is 9.59 Å². The highest BCUT2D eigenvalue weighted by molar-refractivity contribution is 5.81. The smallest absolute Gasteiger partial charge is 0.344 e. The molecule has 0 spiro atoms. The van der Waals surface area contributed by atoms with Crippen LogP contribution < -0.4 is 10.1 Å². The summed E-state index contributed by atoms with van der Waals surface area (Å²) in [6, 6.07) is 6.31. The fraction of sp³-hybridized carbons (Fsp3) is 0.438. The second kappa shape index (κ2) is 8.17. The lowest BCUT2D eigenvalue weighted by Crippen LogP contribution is -2.44. The number of ether oxygens (including phenoxy) is 2. The maximum atomic E-state index is 11.6. The Balaban J connectivity index is 2.31. The molecule has 0 radical (unpaired) electrons. The lowest BCUT2D eigenvalue weighted by Gasteiger charge is -2.24. The summed E-state index contributed by atoms with van der Waals surface area (Å²) in [7, 11) is 0. The molecule has 1 rings (SSSR count). The minimum atomic E-state index is -0.635. The minimum absolute atomic E-state index is 0.301. The molecule has 0 aliphatic rings. The van der Waals surface area contributed by atoms with Crippen LogP contribution in [0.25, 0.3) is 0 Å². The van der Waals surface area contributed by atoms with Crippen molar-refractivity contribution in [3.63, 3.8) is 0 Å². The van der Waals surface area contributed by atoms with Gasteiger partial charge in [0.25, 0.3) is 5.91 Å². The molecule has 1 aromatic carbocycles. The molecule has 0 aliphatic heterocycles. The molecular weight excluding hydrogens is 286 g/mol. The summed E-state index contributed by atoms with van der Waals surface area (Å²) in [5.74, 6) is -0.543. The van der Waals surface area contributed by atoms with Crippen molar-refractivity contribution >= 4 is 18.2 Å². The van der Waals surface area contributed by atoms with E-state index in [4.69, 9.17) is 9.47 Å². The van der Waals surface area contributed by atoms with Gasteiger partial charge in [0.15, 0.2) is 13.2 Å². The van der Waals surface area contributed by atoms with Crippen LogP contribution in [0.2, 0.25) is 0 Å². The molecule has 0 atom stereocenters. The molecule has 0 fully saturated rings. The first-order valence-electron chi connectivity index (χ1n) is 7.01. The van der Waals surface area contributed by atoms with Gasteiger partial charge in [0.2, 0.25) is 0 Å². The van der Waals surface area contributed by atoms with E-state index >= 15 is 0 Å². The van der Waals surface area contributed by atoms with Crippen molar-refractivity contribution in [1.82, 2.24) is 5.32 Å². The number of nitrogens with one attached hydrogen (secondary N) is 1. The molecule has 0 aliphatic carbocycles. The standard InChI is InChI=1S/C16H21NO5/c1-4-16(2,3)17-14(19)10-22-15(20)11-21-13-7-5-12(9-18)6-8-13/h5-9H,4,10-11H2,1-3H3,(H,17,19). The summed E-state index contributed by atoms with van der Waals surface area (Å²) < 4.78 is 10.0. The van der Waals surface area contributed by atoms with Crippen LogP contribution >= 0.6 is 0 Å². The van der Waals surface area contributed by atoms with Crippen LogP contribution in [0.4, 0.5) is 0 Å². The molecule has 0 saturated heterocycles. The lowest BCUT2D eigenvalue weighted by atomic mass is 10.0. The van der Waals surface area contributed by atoms with E-state index in [9.17, 15) is 14.4 Å². The molecule has 120 valence electrons. The normalized spacial score (nSPS) is 10.7. The Labute approximate surface area is 129 Å². The van der Waals surface area contributed by atoms with E-state index in [0.717, 1.165) is 6.42 Å². The molecule has 1 amide bonds. The van der Waals surface area contributed by atoms with Gasteiger partial charge in [-0.15, -0.1) is 0 Å². The van der Waals surface area contributed by atoms with Gasteiger partial charge >= 0.3 is 5.97 Å². The zero-order valence-electron chi connectivity index (χ0n) is 13.0. The highest BCUT2D eigenvalue weighted by atomic mass is 16.6. The van der Waals surface area contributed by atoms with Crippen LogP contribution in [0.5, 0.6) is 5.75 Å². The quantitative estimate of drug-likeness (QED) is 0.584. The van der Waals surface area contributed by atoms with Crippen molar-refractivity contribution < 1.29 is 23.9 Å². The molecule has 0 saturated carbocycles. The maximum absolute atomic E-state index is 11.6. The number of hydrogen-bond donors (Lipinski definition) is 1. The molecule has 0 aromatic heterocycles. The third-order valence-electron chi connectivity index (χ3n) is 3.10. The van der Waals surface area contributed by atoms with Crippen LogP contribution in [-0.2, 0) is 14.3 Å². The predicted octanol–water partition coefficient (Wildman–Crippen LogP) is 1.73. The second-order valence-electron chi connectivity index (χ2n) is 5.42. The van der Waals surface area contributed by atoms with E-state index in [-0.39, 0.29) is 24.7 Å². The minimum Gasteiger partial charge on any atom is -0.482 e. The molecule has 0 bridgehead atoms. The van der Waals surface area contributed by atoms with Gasteiger partial charge in [-0.2, -0.15) is 0 Å². The number of aldehydes is 1. The highest BCUT2D eigenvalue weighted by Gasteiger charge is 2.18. The average molecular weight is 307 g/mol. The Kier molecular flexibility index (Phi) is 6.56. The molecule has 22 heavy (non-hydrogen) atoms. The van der Waals surface area contributed by atoms with Gasteiger partial charge in [0.05, 0.1) is 0 Å². The van der Waals surface area contributed by atoms with Crippen molar-refractivity contribution in [1.29, 1.82) is 0 Å². The fourth-order valence-corrected chi connectivity index (χ4v) is 1.47. The Morgan fingerprint density at radius 3 is 2.36 bits per heavy atom. The number of carbonyl (C=O) groups is 3. The fourth-order valence-electron chi connectivity index (χ4n) is 1.47. The highest BCUT2D eigenvalue weighted by Crippen LogP contribution is 2.11. The average Bonchev–Trinajstić information content (AvgIpc) is 2.51. The number of hydrogen-bond acceptors (Lipinski definition) is 5. The van der Waals surface area contributed by atoms with Gasteiger partial charge in [-0.25, -0.2) is 4.79 Å². The van der Waals surface area contributed by atoms with Crippen molar-refractivity contribution in [2.24, 2.45) is 0 Å². The monoisotopic (exact) mass is 307 g/mol. The molecule has 1 N–H and O–H groups in total. The molecule has 6 nitrogen and oxygen atoms in total. The summed E-state index contributed by atoms with van der Waals surface area (Å²) >= 11 is 0. The van der Waals surface area contributed by atoms with Crippen molar-refractivity contribution in [3.05, 3.63) is 29.8 Å². The summed E-state index contributed by atoms with van der Waals surface area (Å²) in [5, 5.41) is 2.76. The number of amides is 1. The van der Waals surface area contributed by atoms with Crippen LogP contribution in [0.15, 0.2) is 24.3 Å². The Hall–Kier alpha value is -2.37. The topological polar surface area (TPSA) is 81.7 Å². The van der Waals surface area contributed by atoms with Crippen molar-refractivity contribution in [3.8, 4) is 5.75 Å². The first-order chi connectivity index (χ1) is 10.4. The van der Waals surface area contributed by atoms with Gasteiger partial charge in [-0.05, 0) is 44.5 Å². The van der Waals surface area contributed by atoms with Crippen LogP contribution in [0, 0.1) is 0 Å². The summed E-state index contributed by atoms with van der Waals surface area (Å²) in [4.78, 5) is 33.6. The van der Waals surface area contributed by atoms with Gasteiger partial charge in [0, 0.05) is 11.1 Å². The van der Waals surface area contributed by atoms with Crippen molar-refractivity contribution in [2.45, 2.75) is 32.7 Å². The van der Waals surface area contributed by atoms with Crippen LogP contribution in [-0.4, -0.2) is 36.9 Å². The SMILES string of the molecule is CCC(C)(C)NC(=O)COC(=O)COc1ccc(C=O)cc1. The number of rotatable bonds is 8. The van der Waals surface area contributed by atoms with Gasteiger partial charge in [-0.1, -0.05) is 6.92 Å². The molecule has 6 heteroatoms. The number of esters is 1. The first kappa shape index (κ1) is 17.7. The molecule has 0 unspecified atom stereocenters. The van der Waals surface area contributed by atoms with Crippen LogP contribution in [0.1, 0.15) is 37.6 Å². The van der Waals surface area contributed by atoms with Gasteiger partial charge in [0.1, 0.15) is 12.0 Å². The summed E-state index contributed by atoms with van der Waals surface area (Å²) in [6.45, 7) is 5.09. The number of carbonyl (C=O) groups excluding carboxylic acids is 3. The Morgan fingerprint density at radius 1 is 1.18 bits per heavy atom. The largest absolute Gasteiger partial charge is 0.482 e. The Morgan fingerprint density at radius 2 is 1.82 bits per heavy atom. The molecule has 1 aromatic rings. The predicted molar refractivity (Wildman–Crippen MR) is 80.8 cm³/mol. The lowest BCUT2D eigenvalue weighted by molar-refractivity contribution is -0.150. The zero-order chi connectivity index (χ0) is 16.6.